The third-order valence-electron chi connectivity index (χ3n) is 3.98. The molecule has 0 bridgehead atoms. The van der Waals surface area contributed by atoms with E-state index in [4.69, 9.17) is 16.3 Å². The molecule has 8 heteroatoms. The first-order valence-corrected chi connectivity index (χ1v) is 9.19. The third kappa shape index (κ3) is 5.72. The highest BCUT2D eigenvalue weighted by Crippen LogP contribution is 2.30. The minimum atomic E-state index is -0.387. The van der Waals surface area contributed by atoms with Gasteiger partial charge in [-0.15, -0.1) is 0 Å². The van der Waals surface area contributed by atoms with Crippen LogP contribution >= 0.6 is 11.6 Å². The van der Waals surface area contributed by atoms with E-state index in [0.717, 1.165) is 12.8 Å². The molecule has 2 aromatic rings. The zero-order valence-electron chi connectivity index (χ0n) is 15.3. The predicted molar refractivity (Wildman–Crippen MR) is 108 cm³/mol. The van der Waals surface area contributed by atoms with Crippen LogP contribution in [0.4, 0.5) is 17.1 Å². The highest BCUT2D eigenvalue weighted by molar-refractivity contribution is 6.34. The first-order chi connectivity index (χ1) is 13.4. The number of ether oxygens (including phenoxy) is 1. The summed E-state index contributed by atoms with van der Waals surface area (Å²) in [5, 5.41) is 8.39. The van der Waals surface area contributed by atoms with Crippen molar-refractivity contribution in [3.63, 3.8) is 0 Å². The van der Waals surface area contributed by atoms with Crippen molar-refractivity contribution in [3.05, 3.63) is 47.5 Å². The molecule has 1 fully saturated rings. The third-order valence-corrected chi connectivity index (χ3v) is 4.30. The Hall–Kier alpha value is -3.06. The van der Waals surface area contributed by atoms with Crippen LogP contribution in [0.5, 0.6) is 5.75 Å². The average molecular weight is 402 g/mol. The van der Waals surface area contributed by atoms with Crippen LogP contribution in [-0.4, -0.2) is 24.3 Å². The van der Waals surface area contributed by atoms with Crippen molar-refractivity contribution in [2.45, 2.75) is 19.8 Å². The minimum Gasteiger partial charge on any atom is -0.484 e. The van der Waals surface area contributed by atoms with Gasteiger partial charge in [-0.25, -0.2) is 0 Å². The Bertz CT molecular complexity index is 912. The summed E-state index contributed by atoms with van der Waals surface area (Å²) in [6.07, 6.45) is 1.85. The van der Waals surface area contributed by atoms with Crippen LogP contribution in [-0.2, 0) is 14.4 Å². The molecule has 0 spiro atoms. The molecule has 1 aliphatic rings. The van der Waals surface area contributed by atoms with Gasteiger partial charge in [0.2, 0.25) is 11.8 Å². The van der Waals surface area contributed by atoms with Crippen LogP contribution in [0.15, 0.2) is 42.5 Å². The second kappa shape index (κ2) is 8.75. The molecule has 0 saturated heterocycles. The Morgan fingerprint density at radius 2 is 1.79 bits per heavy atom. The van der Waals surface area contributed by atoms with E-state index < -0.39 is 0 Å². The smallest absolute Gasteiger partial charge is 0.262 e. The molecule has 0 unspecified atom stereocenters. The Morgan fingerprint density at radius 1 is 1.04 bits per heavy atom. The van der Waals surface area contributed by atoms with E-state index in [1.165, 1.54) is 6.92 Å². The lowest BCUT2D eigenvalue weighted by Crippen LogP contribution is -2.20. The van der Waals surface area contributed by atoms with Crippen molar-refractivity contribution < 1.29 is 19.1 Å². The molecule has 0 atom stereocenters. The maximum atomic E-state index is 12.1. The second-order valence-electron chi connectivity index (χ2n) is 6.50. The van der Waals surface area contributed by atoms with E-state index in [9.17, 15) is 14.4 Å². The highest BCUT2D eigenvalue weighted by atomic mass is 35.5. The van der Waals surface area contributed by atoms with Crippen LogP contribution in [0, 0.1) is 5.92 Å². The van der Waals surface area contributed by atoms with Crippen molar-refractivity contribution in [2.24, 2.45) is 5.92 Å². The van der Waals surface area contributed by atoms with Gasteiger partial charge in [-0.3, -0.25) is 14.4 Å². The average Bonchev–Trinajstić information content (AvgIpc) is 3.47. The van der Waals surface area contributed by atoms with E-state index in [-0.39, 0.29) is 30.2 Å². The van der Waals surface area contributed by atoms with E-state index >= 15 is 0 Å². The normalized spacial score (nSPS) is 12.8. The molecule has 0 heterocycles. The molecule has 28 heavy (non-hydrogen) atoms. The summed E-state index contributed by atoms with van der Waals surface area (Å²) in [5.41, 5.74) is 1.58. The minimum absolute atomic E-state index is 0.00671. The van der Waals surface area contributed by atoms with Crippen molar-refractivity contribution in [3.8, 4) is 5.75 Å². The van der Waals surface area contributed by atoms with E-state index in [2.05, 4.69) is 16.0 Å². The van der Waals surface area contributed by atoms with Gasteiger partial charge in [0.25, 0.3) is 5.91 Å². The SMILES string of the molecule is CC(=O)Nc1ccc(NC(=O)COc2cccc(NC(=O)C3CC3)c2)c(Cl)c1. The summed E-state index contributed by atoms with van der Waals surface area (Å²) < 4.78 is 5.49. The number of nitrogens with one attached hydrogen (secondary N) is 3. The topological polar surface area (TPSA) is 96.5 Å². The van der Waals surface area contributed by atoms with Gasteiger partial charge in [-0.1, -0.05) is 17.7 Å². The van der Waals surface area contributed by atoms with Crippen LogP contribution in [0.2, 0.25) is 5.02 Å². The molecule has 146 valence electrons. The number of hydrogen-bond acceptors (Lipinski definition) is 4. The quantitative estimate of drug-likeness (QED) is 0.659. The van der Waals surface area contributed by atoms with Gasteiger partial charge in [0, 0.05) is 30.3 Å². The first-order valence-electron chi connectivity index (χ1n) is 8.81. The van der Waals surface area contributed by atoms with Crippen LogP contribution in [0.1, 0.15) is 19.8 Å². The van der Waals surface area contributed by atoms with Crippen molar-refractivity contribution in [1.29, 1.82) is 0 Å². The Labute approximate surface area is 167 Å². The van der Waals surface area contributed by atoms with Gasteiger partial charge < -0.3 is 20.7 Å². The molecular weight excluding hydrogens is 382 g/mol. The summed E-state index contributed by atoms with van der Waals surface area (Å²) >= 11 is 6.13. The van der Waals surface area contributed by atoms with Crippen LogP contribution in [0.25, 0.3) is 0 Å². The van der Waals surface area contributed by atoms with Gasteiger partial charge in [0.1, 0.15) is 5.75 Å². The van der Waals surface area contributed by atoms with Crippen molar-refractivity contribution in [1.82, 2.24) is 0 Å². The fourth-order valence-corrected chi connectivity index (χ4v) is 2.71. The van der Waals surface area contributed by atoms with Crippen molar-refractivity contribution >= 4 is 46.4 Å². The van der Waals surface area contributed by atoms with Gasteiger partial charge in [-0.2, -0.15) is 0 Å². The Morgan fingerprint density at radius 3 is 2.46 bits per heavy atom. The number of hydrogen-bond donors (Lipinski definition) is 3. The maximum Gasteiger partial charge on any atom is 0.262 e. The first kappa shape index (κ1) is 19.7. The number of amides is 3. The zero-order chi connectivity index (χ0) is 20.1. The predicted octanol–water partition coefficient (Wildman–Crippen LogP) is 3.66. The number of carbonyl (C=O) groups is 3. The number of benzene rings is 2. The molecule has 3 rings (SSSR count). The monoisotopic (exact) mass is 401 g/mol. The molecule has 3 N–H and O–H groups in total. The number of anilines is 3. The van der Waals surface area contributed by atoms with Crippen molar-refractivity contribution in [2.75, 3.05) is 22.6 Å². The second-order valence-corrected chi connectivity index (χ2v) is 6.91. The molecular formula is C20H20ClN3O4. The summed E-state index contributed by atoms with van der Waals surface area (Å²) in [5.74, 6) is -0.0152. The number of rotatable bonds is 7. The summed E-state index contributed by atoms with van der Waals surface area (Å²) in [6.45, 7) is 1.18. The lowest BCUT2D eigenvalue weighted by Gasteiger charge is -2.11. The van der Waals surface area contributed by atoms with E-state index in [0.29, 0.717) is 27.8 Å². The summed E-state index contributed by atoms with van der Waals surface area (Å²) in [4.78, 5) is 35.0. The lowest BCUT2D eigenvalue weighted by atomic mass is 10.2. The van der Waals surface area contributed by atoms with Gasteiger partial charge in [-0.05, 0) is 43.2 Å². The number of carbonyl (C=O) groups excluding carboxylic acids is 3. The fraction of sp³-hybridized carbons (Fsp3) is 0.250. The zero-order valence-corrected chi connectivity index (χ0v) is 16.0. The molecule has 7 nitrogen and oxygen atoms in total. The number of halogens is 1. The molecule has 2 aromatic carbocycles. The van der Waals surface area contributed by atoms with Crippen LogP contribution in [0.3, 0.4) is 0 Å². The molecule has 0 aliphatic heterocycles. The largest absolute Gasteiger partial charge is 0.484 e. The molecule has 1 aliphatic carbocycles. The highest BCUT2D eigenvalue weighted by Gasteiger charge is 2.29. The molecule has 3 amide bonds. The van der Waals surface area contributed by atoms with E-state index in [1.807, 2.05) is 0 Å². The van der Waals surface area contributed by atoms with Gasteiger partial charge in [0.15, 0.2) is 6.61 Å². The van der Waals surface area contributed by atoms with Crippen LogP contribution < -0.4 is 20.7 Å². The lowest BCUT2D eigenvalue weighted by molar-refractivity contribution is -0.118. The maximum absolute atomic E-state index is 12.1. The standard InChI is InChI=1S/C20H20ClN3O4/c1-12(25)22-15-7-8-18(17(21)10-15)24-19(26)11-28-16-4-2-3-14(9-16)23-20(27)13-5-6-13/h2-4,7-10,13H,5-6,11H2,1H3,(H,22,25)(H,23,27)(H,24,26). The molecule has 0 aromatic heterocycles. The van der Waals surface area contributed by atoms with Gasteiger partial charge >= 0.3 is 0 Å². The Balaban J connectivity index is 1.52. The molecule has 0 radical (unpaired) electrons. The summed E-state index contributed by atoms with van der Waals surface area (Å²) in [7, 11) is 0. The van der Waals surface area contributed by atoms with Gasteiger partial charge in [0.05, 0.1) is 10.7 Å². The summed E-state index contributed by atoms with van der Waals surface area (Å²) in [6, 6.07) is 11.7. The fourth-order valence-electron chi connectivity index (χ4n) is 2.49. The molecule has 1 saturated carbocycles. The van der Waals surface area contributed by atoms with E-state index in [1.54, 1.807) is 42.5 Å². The Kier molecular flexibility index (Phi) is 6.16.